The average molecular weight is 329 g/mol. The Morgan fingerprint density at radius 2 is 2.17 bits per heavy atom. The second-order valence-corrected chi connectivity index (χ2v) is 6.45. The first kappa shape index (κ1) is 15.7. The van der Waals surface area contributed by atoms with Gasteiger partial charge in [0.1, 0.15) is 11.7 Å². The molecule has 23 heavy (non-hydrogen) atoms. The van der Waals surface area contributed by atoms with Crippen molar-refractivity contribution in [3.63, 3.8) is 0 Å². The van der Waals surface area contributed by atoms with Gasteiger partial charge in [-0.2, -0.15) is 0 Å². The first-order valence-electron chi connectivity index (χ1n) is 7.76. The van der Waals surface area contributed by atoms with Crippen LogP contribution in [-0.4, -0.2) is 40.8 Å². The van der Waals surface area contributed by atoms with Crippen molar-refractivity contribution in [3.8, 4) is 0 Å². The van der Waals surface area contributed by atoms with Gasteiger partial charge in [-0.05, 0) is 12.0 Å². The molecule has 2 amide bonds. The van der Waals surface area contributed by atoms with Crippen LogP contribution < -0.4 is 5.32 Å². The molecule has 2 aromatic rings. The van der Waals surface area contributed by atoms with E-state index in [1.807, 2.05) is 37.3 Å². The van der Waals surface area contributed by atoms with E-state index < -0.39 is 6.04 Å². The van der Waals surface area contributed by atoms with Gasteiger partial charge in [0.15, 0.2) is 0 Å². The minimum Gasteiger partial charge on any atom is -0.353 e. The summed E-state index contributed by atoms with van der Waals surface area (Å²) in [6, 6.07) is 9.67. The lowest BCUT2D eigenvalue weighted by Crippen LogP contribution is -2.56. The van der Waals surface area contributed by atoms with E-state index in [2.05, 4.69) is 10.3 Å². The van der Waals surface area contributed by atoms with Crippen LogP contribution in [0, 0.1) is 0 Å². The molecule has 1 unspecified atom stereocenters. The maximum atomic E-state index is 12.7. The fourth-order valence-corrected chi connectivity index (χ4v) is 3.57. The Morgan fingerprint density at radius 3 is 2.91 bits per heavy atom. The van der Waals surface area contributed by atoms with Crippen LogP contribution in [0.1, 0.15) is 34.4 Å². The molecule has 5 nitrogen and oxygen atoms in total. The fraction of sp³-hybridized carbons (Fsp3) is 0.353. The summed E-state index contributed by atoms with van der Waals surface area (Å²) in [4.78, 5) is 30.7. The van der Waals surface area contributed by atoms with E-state index in [4.69, 9.17) is 0 Å². The lowest BCUT2D eigenvalue weighted by atomic mass is 10.1. The molecule has 0 spiro atoms. The molecule has 2 heterocycles. The first-order valence-corrected chi connectivity index (χ1v) is 8.64. The average Bonchev–Trinajstić information content (AvgIpc) is 3.03. The Morgan fingerprint density at radius 1 is 1.39 bits per heavy atom. The van der Waals surface area contributed by atoms with E-state index in [0.717, 1.165) is 11.4 Å². The van der Waals surface area contributed by atoms with Crippen LogP contribution >= 0.6 is 11.3 Å². The third kappa shape index (κ3) is 3.42. The third-order valence-electron chi connectivity index (χ3n) is 3.95. The quantitative estimate of drug-likeness (QED) is 0.934. The van der Waals surface area contributed by atoms with E-state index >= 15 is 0 Å². The summed E-state index contributed by atoms with van der Waals surface area (Å²) >= 11 is 1.49. The number of thiazole rings is 1. The summed E-state index contributed by atoms with van der Waals surface area (Å²) in [7, 11) is 0. The number of nitrogens with zero attached hydrogens (tertiary/aromatic N) is 2. The molecule has 0 saturated carbocycles. The molecule has 1 atom stereocenters. The molecule has 1 aromatic carbocycles. The van der Waals surface area contributed by atoms with Crippen molar-refractivity contribution in [1.82, 2.24) is 15.2 Å². The predicted molar refractivity (Wildman–Crippen MR) is 89.5 cm³/mol. The SMILES string of the molecule is CCC1C(=O)NCCN1C(=O)c1csc(Cc2ccccc2)n1. The normalized spacial score (nSPS) is 17.9. The lowest BCUT2D eigenvalue weighted by Gasteiger charge is -2.34. The molecule has 3 rings (SSSR count). The van der Waals surface area contributed by atoms with E-state index in [1.54, 1.807) is 10.3 Å². The second-order valence-electron chi connectivity index (χ2n) is 5.50. The van der Waals surface area contributed by atoms with Gasteiger partial charge in [0.2, 0.25) is 5.91 Å². The number of carbonyl (C=O) groups excluding carboxylic acids is 2. The van der Waals surface area contributed by atoms with Crippen molar-refractivity contribution in [1.29, 1.82) is 0 Å². The summed E-state index contributed by atoms with van der Waals surface area (Å²) in [6.07, 6.45) is 1.33. The Kier molecular flexibility index (Phi) is 4.71. The van der Waals surface area contributed by atoms with Gasteiger partial charge in [0, 0.05) is 24.9 Å². The number of amides is 2. The number of hydrogen-bond donors (Lipinski definition) is 1. The van der Waals surface area contributed by atoms with Crippen molar-refractivity contribution in [2.45, 2.75) is 25.8 Å². The highest BCUT2D eigenvalue weighted by Crippen LogP contribution is 2.18. The molecule has 0 aliphatic carbocycles. The number of piperazine rings is 1. The van der Waals surface area contributed by atoms with Crippen molar-refractivity contribution < 1.29 is 9.59 Å². The zero-order valence-electron chi connectivity index (χ0n) is 13.0. The molecular formula is C17H19N3O2S. The van der Waals surface area contributed by atoms with E-state index in [1.165, 1.54) is 16.9 Å². The second kappa shape index (κ2) is 6.91. The summed E-state index contributed by atoms with van der Waals surface area (Å²) in [5.41, 5.74) is 1.61. The smallest absolute Gasteiger partial charge is 0.274 e. The van der Waals surface area contributed by atoms with Crippen LogP contribution in [0.15, 0.2) is 35.7 Å². The number of nitrogens with one attached hydrogen (secondary N) is 1. The third-order valence-corrected chi connectivity index (χ3v) is 4.80. The van der Waals surface area contributed by atoms with Crippen LogP contribution in [0.2, 0.25) is 0 Å². The van der Waals surface area contributed by atoms with Crippen molar-refractivity contribution in [3.05, 3.63) is 52.0 Å². The highest BCUT2D eigenvalue weighted by molar-refractivity contribution is 7.09. The predicted octanol–water partition coefficient (Wildman–Crippen LogP) is 2.08. The van der Waals surface area contributed by atoms with Crippen LogP contribution in [-0.2, 0) is 11.2 Å². The minimum atomic E-state index is -0.393. The topological polar surface area (TPSA) is 62.3 Å². The Balaban J connectivity index is 1.74. The maximum Gasteiger partial charge on any atom is 0.274 e. The maximum absolute atomic E-state index is 12.7. The van der Waals surface area contributed by atoms with Gasteiger partial charge >= 0.3 is 0 Å². The van der Waals surface area contributed by atoms with E-state index in [0.29, 0.717) is 25.2 Å². The molecule has 1 N–H and O–H groups in total. The number of rotatable bonds is 4. The zero-order chi connectivity index (χ0) is 16.2. The van der Waals surface area contributed by atoms with Gasteiger partial charge < -0.3 is 10.2 Å². The van der Waals surface area contributed by atoms with Crippen LogP contribution in [0.4, 0.5) is 0 Å². The molecule has 6 heteroatoms. The van der Waals surface area contributed by atoms with Gasteiger partial charge in [-0.1, -0.05) is 37.3 Å². The highest BCUT2D eigenvalue weighted by Gasteiger charge is 2.32. The summed E-state index contributed by atoms with van der Waals surface area (Å²) in [5, 5.41) is 5.51. The summed E-state index contributed by atoms with van der Waals surface area (Å²) in [5.74, 6) is -0.228. The number of carbonyl (C=O) groups is 2. The van der Waals surface area contributed by atoms with E-state index in [-0.39, 0.29) is 11.8 Å². The Bertz CT molecular complexity index is 699. The standard InChI is InChI=1S/C17H19N3O2S/c1-2-14-16(21)18-8-9-20(14)17(22)13-11-23-15(19-13)10-12-6-4-3-5-7-12/h3-7,11,14H,2,8-10H2,1H3,(H,18,21). The van der Waals surface area contributed by atoms with Gasteiger partial charge in [-0.25, -0.2) is 4.98 Å². The molecule has 0 radical (unpaired) electrons. The van der Waals surface area contributed by atoms with Gasteiger partial charge in [0.05, 0.1) is 5.01 Å². The molecule has 1 fully saturated rings. The largest absolute Gasteiger partial charge is 0.353 e. The Labute approximate surface area is 139 Å². The van der Waals surface area contributed by atoms with Crippen LogP contribution in [0.25, 0.3) is 0 Å². The molecular weight excluding hydrogens is 310 g/mol. The molecule has 1 aliphatic rings. The number of benzene rings is 1. The van der Waals surface area contributed by atoms with Crippen molar-refractivity contribution in [2.24, 2.45) is 0 Å². The fourth-order valence-electron chi connectivity index (χ4n) is 2.77. The zero-order valence-corrected chi connectivity index (χ0v) is 13.8. The summed E-state index contributed by atoms with van der Waals surface area (Å²) in [6.45, 7) is 2.95. The van der Waals surface area contributed by atoms with Crippen molar-refractivity contribution >= 4 is 23.2 Å². The molecule has 1 aliphatic heterocycles. The molecule has 1 saturated heterocycles. The van der Waals surface area contributed by atoms with Crippen LogP contribution in [0.5, 0.6) is 0 Å². The molecule has 0 bridgehead atoms. The Hall–Kier alpha value is -2.21. The van der Waals surface area contributed by atoms with E-state index in [9.17, 15) is 9.59 Å². The van der Waals surface area contributed by atoms with Crippen molar-refractivity contribution in [2.75, 3.05) is 13.1 Å². The van der Waals surface area contributed by atoms with Crippen LogP contribution in [0.3, 0.4) is 0 Å². The monoisotopic (exact) mass is 329 g/mol. The lowest BCUT2D eigenvalue weighted by molar-refractivity contribution is -0.127. The molecule has 1 aromatic heterocycles. The number of aromatic nitrogens is 1. The highest BCUT2D eigenvalue weighted by atomic mass is 32.1. The van der Waals surface area contributed by atoms with Gasteiger partial charge in [0.25, 0.3) is 5.91 Å². The van der Waals surface area contributed by atoms with Gasteiger partial charge in [-0.3, -0.25) is 9.59 Å². The molecule has 120 valence electrons. The minimum absolute atomic E-state index is 0.0770. The van der Waals surface area contributed by atoms with Gasteiger partial charge in [-0.15, -0.1) is 11.3 Å². The summed E-state index contributed by atoms with van der Waals surface area (Å²) < 4.78 is 0. The number of hydrogen-bond acceptors (Lipinski definition) is 4. The first-order chi connectivity index (χ1) is 11.2.